The van der Waals surface area contributed by atoms with Gasteiger partial charge in [0.05, 0.1) is 5.60 Å². The van der Waals surface area contributed by atoms with E-state index in [0.717, 1.165) is 25.3 Å². The first-order chi connectivity index (χ1) is 9.30. The minimum absolute atomic E-state index is 0.0162. The van der Waals surface area contributed by atoms with Crippen molar-refractivity contribution >= 4 is 0 Å². The van der Waals surface area contributed by atoms with Crippen LogP contribution in [0.25, 0.3) is 0 Å². The Hall–Kier alpha value is -0.930. The third-order valence-electron chi connectivity index (χ3n) is 4.11. The number of aromatic nitrogens is 1. The van der Waals surface area contributed by atoms with Crippen LogP contribution in [0.4, 0.5) is 0 Å². The van der Waals surface area contributed by atoms with Crippen LogP contribution in [-0.2, 0) is 11.2 Å². The van der Waals surface area contributed by atoms with Crippen molar-refractivity contribution in [2.45, 2.75) is 57.6 Å². The van der Waals surface area contributed by atoms with Crippen LogP contribution in [0.5, 0.6) is 0 Å². The fourth-order valence-corrected chi connectivity index (χ4v) is 3.27. The fourth-order valence-electron chi connectivity index (χ4n) is 3.27. The van der Waals surface area contributed by atoms with Crippen LogP contribution >= 0.6 is 0 Å². The summed E-state index contributed by atoms with van der Waals surface area (Å²) in [6.07, 6.45) is 7.74. The van der Waals surface area contributed by atoms with E-state index in [1.165, 1.54) is 25.7 Å². The molecule has 1 fully saturated rings. The highest BCUT2D eigenvalue weighted by molar-refractivity contribution is 5.09. The van der Waals surface area contributed by atoms with Crippen molar-refractivity contribution in [1.29, 1.82) is 0 Å². The van der Waals surface area contributed by atoms with Crippen molar-refractivity contribution < 1.29 is 4.74 Å². The average Bonchev–Trinajstić information content (AvgIpc) is 2.90. The Morgan fingerprint density at radius 2 is 2.11 bits per heavy atom. The second-order valence-electron chi connectivity index (χ2n) is 5.34. The monoisotopic (exact) mass is 262 g/mol. The standard InChI is InChI=1S/C16H26N2O/c1-3-17-15(13-14-9-5-8-12-18-14)16(19-4-2)10-6-7-11-16/h5,8-9,12,15,17H,3-4,6-7,10-11,13H2,1-2H3. The van der Waals surface area contributed by atoms with E-state index in [0.29, 0.717) is 6.04 Å². The van der Waals surface area contributed by atoms with E-state index in [1.807, 2.05) is 12.3 Å². The van der Waals surface area contributed by atoms with Gasteiger partial charge in [-0.05, 0) is 38.4 Å². The summed E-state index contributed by atoms with van der Waals surface area (Å²) >= 11 is 0. The van der Waals surface area contributed by atoms with Gasteiger partial charge < -0.3 is 10.1 Å². The molecule has 1 heterocycles. The van der Waals surface area contributed by atoms with Gasteiger partial charge >= 0.3 is 0 Å². The summed E-state index contributed by atoms with van der Waals surface area (Å²) in [7, 11) is 0. The third-order valence-corrected chi connectivity index (χ3v) is 4.11. The van der Waals surface area contributed by atoms with Crippen molar-refractivity contribution in [1.82, 2.24) is 10.3 Å². The first-order valence-electron chi connectivity index (χ1n) is 7.58. The molecule has 106 valence electrons. The maximum atomic E-state index is 6.19. The molecule has 0 amide bonds. The number of ether oxygens (including phenoxy) is 1. The molecule has 1 saturated carbocycles. The molecule has 0 bridgehead atoms. The largest absolute Gasteiger partial charge is 0.374 e. The number of pyridine rings is 1. The average molecular weight is 262 g/mol. The molecule has 1 atom stereocenters. The second-order valence-corrected chi connectivity index (χ2v) is 5.34. The normalized spacial score (nSPS) is 19.5. The number of nitrogens with one attached hydrogen (secondary N) is 1. The van der Waals surface area contributed by atoms with Crippen LogP contribution in [0.2, 0.25) is 0 Å². The first kappa shape index (κ1) is 14.5. The Labute approximate surface area is 116 Å². The maximum absolute atomic E-state index is 6.19. The maximum Gasteiger partial charge on any atom is 0.0838 e. The van der Waals surface area contributed by atoms with E-state index in [4.69, 9.17) is 4.74 Å². The predicted molar refractivity (Wildman–Crippen MR) is 78.2 cm³/mol. The molecule has 2 rings (SSSR count). The van der Waals surface area contributed by atoms with Gasteiger partial charge in [0.2, 0.25) is 0 Å². The number of likely N-dealkylation sites (N-methyl/N-ethyl adjacent to an activating group) is 1. The molecule has 1 aliphatic carbocycles. The van der Waals surface area contributed by atoms with Gasteiger partial charge in [-0.1, -0.05) is 25.8 Å². The van der Waals surface area contributed by atoms with Crippen molar-refractivity contribution in [2.75, 3.05) is 13.2 Å². The van der Waals surface area contributed by atoms with Gasteiger partial charge in [0.15, 0.2) is 0 Å². The molecule has 0 radical (unpaired) electrons. The van der Waals surface area contributed by atoms with Crippen molar-refractivity contribution in [3.63, 3.8) is 0 Å². The highest BCUT2D eigenvalue weighted by Gasteiger charge is 2.41. The summed E-state index contributed by atoms with van der Waals surface area (Å²) in [4.78, 5) is 4.47. The van der Waals surface area contributed by atoms with Gasteiger partial charge in [0.25, 0.3) is 0 Å². The number of nitrogens with zero attached hydrogens (tertiary/aromatic N) is 1. The van der Waals surface area contributed by atoms with Crippen molar-refractivity contribution in [3.8, 4) is 0 Å². The van der Waals surface area contributed by atoms with Crippen LogP contribution in [0.15, 0.2) is 24.4 Å². The summed E-state index contributed by atoms with van der Waals surface area (Å²) in [6.45, 7) is 6.04. The van der Waals surface area contributed by atoms with Gasteiger partial charge in [0, 0.05) is 31.0 Å². The Bertz CT molecular complexity index is 360. The van der Waals surface area contributed by atoms with Gasteiger partial charge in [-0.25, -0.2) is 0 Å². The molecule has 0 spiro atoms. The van der Waals surface area contributed by atoms with Crippen LogP contribution in [0.1, 0.15) is 45.2 Å². The molecule has 1 N–H and O–H groups in total. The second kappa shape index (κ2) is 7.01. The lowest BCUT2D eigenvalue weighted by molar-refractivity contribution is -0.0611. The zero-order valence-corrected chi connectivity index (χ0v) is 12.2. The van der Waals surface area contributed by atoms with Crippen LogP contribution in [-0.4, -0.2) is 29.8 Å². The van der Waals surface area contributed by atoms with E-state index in [9.17, 15) is 0 Å². The molecule has 0 aliphatic heterocycles. The summed E-state index contributed by atoms with van der Waals surface area (Å²) < 4.78 is 6.19. The molecular weight excluding hydrogens is 236 g/mol. The summed E-state index contributed by atoms with van der Waals surface area (Å²) in [5.41, 5.74) is 1.17. The van der Waals surface area contributed by atoms with Gasteiger partial charge in [-0.15, -0.1) is 0 Å². The molecule has 3 nitrogen and oxygen atoms in total. The Morgan fingerprint density at radius 3 is 2.68 bits per heavy atom. The third kappa shape index (κ3) is 3.54. The van der Waals surface area contributed by atoms with E-state index in [1.54, 1.807) is 0 Å². The predicted octanol–water partition coefficient (Wildman–Crippen LogP) is 2.95. The molecule has 1 unspecified atom stereocenters. The van der Waals surface area contributed by atoms with E-state index in [2.05, 4.69) is 36.3 Å². The number of rotatable bonds is 7. The molecule has 3 heteroatoms. The summed E-state index contributed by atoms with van der Waals surface area (Å²) in [5.74, 6) is 0. The Balaban J connectivity index is 2.13. The quantitative estimate of drug-likeness (QED) is 0.820. The molecule has 0 saturated heterocycles. The van der Waals surface area contributed by atoms with Gasteiger partial charge in [-0.2, -0.15) is 0 Å². The van der Waals surface area contributed by atoms with Crippen molar-refractivity contribution in [2.24, 2.45) is 0 Å². The van der Waals surface area contributed by atoms with Crippen molar-refractivity contribution in [3.05, 3.63) is 30.1 Å². The topological polar surface area (TPSA) is 34.2 Å². The lowest BCUT2D eigenvalue weighted by Crippen LogP contribution is -2.52. The van der Waals surface area contributed by atoms with E-state index in [-0.39, 0.29) is 5.60 Å². The SMILES string of the molecule is CCNC(Cc1ccccn1)C1(OCC)CCCC1. The van der Waals surface area contributed by atoms with E-state index >= 15 is 0 Å². The minimum atomic E-state index is 0.0162. The van der Waals surface area contributed by atoms with Crippen LogP contribution in [0.3, 0.4) is 0 Å². The molecular formula is C16H26N2O. The number of hydrogen-bond donors (Lipinski definition) is 1. The molecule has 19 heavy (non-hydrogen) atoms. The Kier molecular flexibility index (Phi) is 5.34. The van der Waals surface area contributed by atoms with Crippen LogP contribution in [0, 0.1) is 0 Å². The zero-order valence-electron chi connectivity index (χ0n) is 12.2. The summed E-state index contributed by atoms with van der Waals surface area (Å²) in [5, 5.41) is 3.63. The first-order valence-corrected chi connectivity index (χ1v) is 7.58. The van der Waals surface area contributed by atoms with Gasteiger partial charge in [0.1, 0.15) is 0 Å². The molecule has 1 aliphatic rings. The minimum Gasteiger partial charge on any atom is -0.374 e. The number of hydrogen-bond acceptors (Lipinski definition) is 3. The highest BCUT2D eigenvalue weighted by Crippen LogP contribution is 2.37. The molecule has 0 aromatic carbocycles. The Morgan fingerprint density at radius 1 is 1.32 bits per heavy atom. The fraction of sp³-hybridized carbons (Fsp3) is 0.688. The lowest BCUT2D eigenvalue weighted by Gasteiger charge is -2.38. The highest BCUT2D eigenvalue weighted by atomic mass is 16.5. The van der Waals surface area contributed by atoms with Gasteiger partial charge in [-0.3, -0.25) is 4.98 Å². The van der Waals surface area contributed by atoms with E-state index < -0.39 is 0 Å². The van der Waals surface area contributed by atoms with Crippen LogP contribution < -0.4 is 5.32 Å². The smallest absolute Gasteiger partial charge is 0.0838 e. The lowest BCUT2D eigenvalue weighted by atomic mass is 9.88. The molecule has 1 aromatic rings. The molecule has 1 aromatic heterocycles. The summed E-state index contributed by atoms with van der Waals surface area (Å²) in [6, 6.07) is 6.51. The zero-order chi connectivity index (χ0) is 13.6.